The molecule has 2 N–H and O–H groups in total. The van der Waals surface area contributed by atoms with Crippen molar-refractivity contribution >= 4 is 21.6 Å². The molecule has 1 aromatic rings. The Bertz CT molecular complexity index is 382. The number of aliphatic hydroxyl groups excluding tert-OH is 1. The lowest BCUT2D eigenvalue weighted by Gasteiger charge is -2.35. The van der Waals surface area contributed by atoms with Crippen molar-refractivity contribution in [1.29, 1.82) is 0 Å². The zero-order valence-corrected chi connectivity index (χ0v) is 11.8. The Kier molecular flexibility index (Phi) is 4.10. The molecule has 1 aliphatic rings. The van der Waals surface area contributed by atoms with Gasteiger partial charge >= 0.3 is 0 Å². The molecule has 2 atom stereocenters. The van der Waals surface area contributed by atoms with Gasteiger partial charge in [-0.15, -0.1) is 0 Å². The van der Waals surface area contributed by atoms with Gasteiger partial charge in [0.05, 0.1) is 12.1 Å². The molecular formula is C14H20BrNO. The zero-order valence-electron chi connectivity index (χ0n) is 10.2. The average molecular weight is 298 g/mol. The molecule has 0 amide bonds. The number of hydrogen-bond donors (Lipinski definition) is 2. The van der Waals surface area contributed by atoms with E-state index < -0.39 is 0 Å². The molecule has 1 aromatic carbocycles. The molecule has 1 aliphatic carbocycles. The molecular weight excluding hydrogens is 278 g/mol. The van der Waals surface area contributed by atoms with Gasteiger partial charge in [0, 0.05) is 10.2 Å². The largest absolute Gasteiger partial charge is 0.394 e. The van der Waals surface area contributed by atoms with Crippen molar-refractivity contribution in [3.8, 4) is 0 Å². The van der Waals surface area contributed by atoms with Crippen molar-refractivity contribution in [2.45, 2.75) is 38.1 Å². The summed E-state index contributed by atoms with van der Waals surface area (Å²) in [4.78, 5) is 0. The normalized spacial score (nSPS) is 28.3. The van der Waals surface area contributed by atoms with Gasteiger partial charge in [0.15, 0.2) is 0 Å². The second-order valence-corrected chi connectivity index (χ2v) is 5.86. The maximum atomic E-state index is 9.77. The standard InChI is InChI=1S/C14H20BrNO/c1-2-11-5-4-8-14(11,10-17)16-13-7-3-6-12(15)9-13/h3,6-7,9,11,16-17H,2,4-5,8,10H2,1H3. The lowest BCUT2D eigenvalue weighted by Crippen LogP contribution is -2.45. The molecule has 0 aromatic heterocycles. The SMILES string of the molecule is CCC1CCCC1(CO)Nc1cccc(Br)c1. The van der Waals surface area contributed by atoms with Crippen LogP contribution >= 0.6 is 15.9 Å². The third kappa shape index (κ3) is 2.66. The number of hydrogen-bond acceptors (Lipinski definition) is 2. The van der Waals surface area contributed by atoms with E-state index in [0.717, 1.165) is 23.0 Å². The summed E-state index contributed by atoms with van der Waals surface area (Å²) in [6.07, 6.45) is 4.62. The zero-order chi connectivity index (χ0) is 12.3. The summed E-state index contributed by atoms with van der Waals surface area (Å²) in [5, 5.41) is 13.3. The molecule has 0 saturated heterocycles. The quantitative estimate of drug-likeness (QED) is 0.886. The first-order chi connectivity index (χ1) is 8.20. The van der Waals surface area contributed by atoms with Crippen LogP contribution in [0, 0.1) is 5.92 Å². The predicted octanol–water partition coefficient (Wildman–Crippen LogP) is 3.80. The summed E-state index contributed by atoms with van der Waals surface area (Å²) in [7, 11) is 0. The minimum atomic E-state index is -0.116. The van der Waals surface area contributed by atoms with E-state index >= 15 is 0 Å². The first kappa shape index (κ1) is 12.9. The van der Waals surface area contributed by atoms with E-state index in [9.17, 15) is 5.11 Å². The average Bonchev–Trinajstić information content (AvgIpc) is 2.72. The van der Waals surface area contributed by atoms with E-state index in [2.05, 4.69) is 40.3 Å². The van der Waals surface area contributed by atoms with Gasteiger partial charge in [-0.1, -0.05) is 41.8 Å². The molecule has 1 saturated carbocycles. The summed E-state index contributed by atoms with van der Waals surface area (Å²) in [6.45, 7) is 2.43. The molecule has 0 spiro atoms. The second-order valence-electron chi connectivity index (χ2n) is 4.95. The second kappa shape index (κ2) is 5.40. The smallest absolute Gasteiger partial charge is 0.0664 e. The highest BCUT2D eigenvalue weighted by Crippen LogP contribution is 2.40. The maximum absolute atomic E-state index is 9.77. The molecule has 17 heavy (non-hydrogen) atoms. The van der Waals surface area contributed by atoms with E-state index in [1.165, 1.54) is 12.8 Å². The minimum absolute atomic E-state index is 0.116. The fourth-order valence-electron chi connectivity index (χ4n) is 3.01. The van der Waals surface area contributed by atoms with E-state index in [0.29, 0.717) is 5.92 Å². The molecule has 3 heteroatoms. The van der Waals surface area contributed by atoms with Gasteiger partial charge < -0.3 is 10.4 Å². The van der Waals surface area contributed by atoms with Crippen molar-refractivity contribution in [3.63, 3.8) is 0 Å². The molecule has 0 bridgehead atoms. The number of halogens is 1. The van der Waals surface area contributed by atoms with Crippen LogP contribution in [-0.4, -0.2) is 17.3 Å². The van der Waals surface area contributed by atoms with E-state index in [4.69, 9.17) is 0 Å². The fourth-order valence-corrected chi connectivity index (χ4v) is 3.40. The van der Waals surface area contributed by atoms with Crippen LogP contribution in [0.2, 0.25) is 0 Å². The van der Waals surface area contributed by atoms with Crippen LogP contribution in [0.4, 0.5) is 5.69 Å². The summed E-state index contributed by atoms with van der Waals surface area (Å²) >= 11 is 3.48. The highest BCUT2D eigenvalue weighted by Gasteiger charge is 2.41. The van der Waals surface area contributed by atoms with Crippen LogP contribution in [0.25, 0.3) is 0 Å². The Morgan fingerprint density at radius 3 is 3.00 bits per heavy atom. The summed E-state index contributed by atoms with van der Waals surface area (Å²) < 4.78 is 1.07. The molecule has 0 heterocycles. The van der Waals surface area contributed by atoms with Gasteiger partial charge in [-0.25, -0.2) is 0 Å². The maximum Gasteiger partial charge on any atom is 0.0664 e. The van der Waals surface area contributed by atoms with Gasteiger partial charge in [0.25, 0.3) is 0 Å². The lowest BCUT2D eigenvalue weighted by atomic mass is 9.85. The predicted molar refractivity (Wildman–Crippen MR) is 75.2 cm³/mol. The Labute approximate surface area is 112 Å². The number of benzene rings is 1. The first-order valence-electron chi connectivity index (χ1n) is 6.35. The van der Waals surface area contributed by atoms with E-state index in [1.807, 2.05) is 12.1 Å². The Morgan fingerprint density at radius 1 is 1.53 bits per heavy atom. The van der Waals surface area contributed by atoms with Crippen LogP contribution in [0.15, 0.2) is 28.7 Å². The minimum Gasteiger partial charge on any atom is -0.394 e. The van der Waals surface area contributed by atoms with Crippen molar-refractivity contribution in [1.82, 2.24) is 0 Å². The van der Waals surface area contributed by atoms with Crippen molar-refractivity contribution in [2.75, 3.05) is 11.9 Å². The van der Waals surface area contributed by atoms with Gasteiger partial charge in [-0.2, -0.15) is 0 Å². The van der Waals surface area contributed by atoms with Gasteiger partial charge in [0.1, 0.15) is 0 Å². The Morgan fingerprint density at radius 2 is 2.35 bits per heavy atom. The number of rotatable bonds is 4. The highest BCUT2D eigenvalue weighted by atomic mass is 79.9. The fraction of sp³-hybridized carbons (Fsp3) is 0.571. The Balaban J connectivity index is 2.19. The van der Waals surface area contributed by atoms with Crippen LogP contribution in [0.1, 0.15) is 32.6 Å². The number of anilines is 1. The topological polar surface area (TPSA) is 32.3 Å². The molecule has 2 rings (SSSR count). The van der Waals surface area contributed by atoms with Gasteiger partial charge in [-0.05, 0) is 37.0 Å². The number of nitrogens with one attached hydrogen (secondary N) is 1. The first-order valence-corrected chi connectivity index (χ1v) is 7.14. The summed E-state index contributed by atoms with van der Waals surface area (Å²) in [5.74, 6) is 0.575. The summed E-state index contributed by atoms with van der Waals surface area (Å²) in [5.41, 5.74) is 0.976. The van der Waals surface area contributed by atoms with Crippen molar-refractivity contribution in [3.05, 3.63) is 28.7 Å². The van der Waals surface area contributed by atoms with Crippen molar-refractivity contribution < 1.29 is 5.11 Å². The lowest BCUT2D eigenvalue weighted by molar-refractivity contribution is 0.174. The highest BCUT2D eigenvalue weighted by molar-refractivity contribution is 9.10. The third-order valence-corrected chi connectivity index (χ3v) is 4.44. The van der Waals surface area contributed by atoms with E-state index in [-0.39, 0.29) is 12.1 Å². The van der Waals surface area contributed by atoms with Crippen LogP contribution < -0.4 is 5.32 Å². The van der Waals surface area contributed by atoms with E-state index in [1.54, 1.807) is 0 Å². The van der Waals surface area contributed by atoms with Gasteiger partial charge in [0.2, 0.25) is 0 Å². The number of aliphatic hydroxyl groups is 1. The summed E-state index contributed by atoms with van der Waals surface area (Å²) in [6, 6.07) is 8.17. The van der Waals surface area contributed by atoms with Gasteiger partial charge in [-0.3, -0.25) is 0 Å². The Hall–Kier alpha value is -0.540. The molecule has 0 aliphatic heterocycles. The molecule has 2 unspecified atom stereocenters. The van der Waals surface area contributed by atoms with Crippen LogP contribution in [0.5, 0.6) is 0 Å². The third-order valence-electron chi connectivity index (χ3n) is 3.95. The monoisotopic (exact) mass is 297 g/mol. The molecule has 2 nitrogen and oxygen atoms in total. The molecule has 1 fully saturated rings. The van der Waals surface area contributed by atoms with Crippen LogP contribution in [0.3, 0.4) is 0 Å². The van der Waals surface area contributed by atoms with Crippen molar-refractivity contribution in [2.24, 2.45) is 5.92 Å². The van der Waals surface area contributed by atoms with Crippen LogP contribution in [-0.2, 0) is 0 Å². The molecule has 0 radical (unpaired) electrons. The molecule has 94 valence electrons.